The molecule has 1 aromatic carbocycles. The monoisotopic (exact) mass is 559 g/mol. The molecule has 1 N–H and O–H groups in total. The van der Waals surface area contributed by atoms with Crippen molar-refractivity contribution in [3.8, 4) is 17.1 Å². The van der Waals surface area contributed by atoms with E-state index >= 15 is 0 Å². The van der Waals surface area contributed by atoms with Crippen LogP contribution in [0, 0.1) is 6.92 Å². The zero-order chi connectivity index (χ0) is 29.3. The van der Waals surface area contributed by atoms with E-state index in [9.17, 15) is 9.59 Å². The molecule has 41 heavy (non-hydrogen) atoms. The first kappa shape index (κ1) is 28.1. The van der Waals surface area contributed by atoms with Crippen LogP contribution in [0.15, 0.2) is 36.5 Å². The van der Waals surface area contributed by atoms with Gasteiger partial charge >= 0.3 is 6.09 Å². The summed E-state index contributed by atoms with van der Waals surface area (Å²) in [6, 6.07) is 9.31. The molecule has 0 atom stereocenters. The SMILES string of the molecule is Cc1cc2cc(n1)-c1cnn(C)c1OCCCCCn1c(nc3cccc(CN(C)C(=O)OC(C)(C)C)c31)NC2=O. The first-order valence-electron chi connectivity index (χ1n) is 13.9. The number of ether oxygens (including phenoxy) is 2. The molecule has 1 aliphatic rings. The number of nitrogens with one attached hydrogen (secondary N) is 1. The first-order chi connectivity index (χ1) is 19.5. The largest absolute Gasteiger partial charge is 0.477 e. The lowest BCUT2D eigenvalue weighted by molar-refractivity contribution is 0.0285. The normalized spacial score (nSPS) is 14.2. The van der Waals surface area contributed by atoms with Crippen LogP contribution in [0.25, 0.3) is 22.3 Å². The van der Waals surface area contributed by atoms with Gasteiger partial charge in [0.25, 0.3) is 5.91 Å². The third-order valence-corrected chi connectivity index (χ3v) is 6.83. The smallest absolute Gasteiger partial charge is 0.410 e. The number of benzene rings is 1. The van der Waals surface area contributed by atoms with Gasteiger partial charge in [0.2, 0.25) is 11.8 Å². The highest BCUT2D eigenvalue weighted by Crippen LogP contribution is 2.31. The predicted octanol–water partition coefficient (Wildman–Crippen LogP) is 5.32. The number of hydrogen-bond donors (Lipinski definition) is 1. The molecule has 2 amide bonds. The van der Waals surface area contributed by atoms with Crippen LogP contribution >= 0.6 is 0 Å². The molecule has 0 saturated heterocycles. The number of aryl methyl sites for hydroxylation is 3. The van der Waals surface area contributed by atoms with Crippen LogP contribution in [0.4, 0.5) is 10.7 Å². The molecule has 0 unspecified atom stereocenters. The van der Waals surface area contributed by atoms with Crippen LogP contribution in [-0.2, 0) is 24.9 Å². The van der Waals surface area contributed by atoms with Crippen LogP contribution < -0.4 is 10.1 Å². The highest BCUT2D eigenvalue weighted by molar-refractivity contribution is 6.05. The van der Waals surface area contributed by atoms with Crippen LogP contribution in [0.3, 0.4) is 0 Å². The molecule has 0 radical (unpaired) electrons. The molecular formula is C30H37N7O4. The lowest BCUT2D eigenvalue weighted by Gasteiger charge is -2.25. The minimum Gasteiger partial charge on any atom is -0.477 e. The number of nitrogens with zero attached hydrogens (tertiary/aromatic N) is 6. The quantitative estimate of drug-likeness (QED) is 0.353. The van der Waals surface area contributed by atoms with Gasteiger partial charge in [0.15, 0.2) is 0 Å². The topological polar surface area (TPSA) is 116 Å². The van der Waals surface area contributed by atoms with Crippen LogP contribution in [0.2, 0.25) is 0 Å². The number of para-hydroxylation sites is 1. The fourth-order valence-electron chi connectivity index (χ4n) is 4.96. The third-order valence-electron chi connectivity index (χ3n) is 6.83. The Balaban J connectivity index is 1.53. The fourth-order valence-corrected chi connectivity index (χ4v) is 4.96. The van der Waals surface area contributed by atoms with Gasteiger partial charge in [-0.05, 0) is 70.7 Å². The predicted molar refractivity (Wildman–Crippen MR) is 156 cm³/mol. The summed E-state index contributed by atoms with van der Waals surface area (Å²) in [5.41, 5.74) is 4.46. The molecule has 11 nitrogen and oxygen atoms in total. The summed E-state index contributed by atoms with van der Waals surface area (Å²) in [4.78, 5) is 37.3. The Morgan fingerprint density at radius 2 is 1.98 bits per heavy atom. The molecule has 0 aliphatic carbocycles. The Hall–Kier alpha value is -4.41. The van der Waals surface area contributed by atoms with Crippen molar-refractivity contribution in [1.29, 1.82) is 0 Å². The molecule has 0 fully saturated rings. The second-order valence-corrected chi connectivity index (χ2v) is 11.4. The van der Waals surface area contributed by atoms with Crippen molar-refractivity contribution >= 4 is 29.0 Å². The number of aromatic nitrogens is 5. The van der Waals surface area contributed by atoms with E-state index < -0.39 is 11.7 Å². The number of carbonyl (C=O) groups is 2. The van der Waals surface area contributed by atoms with Crippen LogP contribution in [0.5, 0.6) is 5.88 Å². The minimum atomic E-state index is -0.592. The zero-order valence-electron chi connectivity index (χ0n) is 24.5. The average Bonchev–Trinajstić information content (AvgIpc) is 3.44. The number of carbonyl (C=O) groups excluding carboxylic acids is 2. The minimum absolute atomic E-state index is 0.290. The third kappa shape index (κ3) is 6.18. The Bertz CT molecular complexity index is 1600. The van der Waals surface area contributed by atoms with Gasteiger partial charge in [-0.3, -0.25) is 15.1 Å². The standard InChI is InChI=1S/C30H37N7O4/c1-19-15-21-16-24(32-19)22-17-31-36(6)27(22)40-14-9-7-8-13-37-25-20(18-35(5)29(39)41-30(2,3)4)11-10-12-23(25)33-28(37)34-26(21)38/h10-12,15-17H,7-9,13-14,18H2,1-6H3,(H,33,34,38). The Labute approximate surface area is 239 Å². The van der Waals surface area contributed by atoms with Crippen molar-refractivity contribution in [2.45, 2.75) is 65.6 Å². The maximum absolute atomic E-state index is 13.6. The molecule has 216 valence electrons. The summed E-state index contributed by atoms with van der Waals surface area (Å²) >= 11 is 0. The molecule has 4 heterocycles. The molecule has 5 rings (SSSR count). The zero-order valence-corrected chi connectivity index (χ0v) is 24.5. The van der Waals surface area contributed by atoms with Gasteiger partial charge in [-0.1, -0.05) is 12.1 Å². The summed E-state index contributed by atoms with van der Waals surface area (Å²) in [5.74, 6) is 0.797. The van der Waals surface area contributed by atoms with E-state index in [-0.39, 0.29) is 5.91 Å². The summed E-state index contributed by atoms with van der Waals surface area (Å²) in [6.45, 7) is 8.89. The van der Waals surface area contributed by atoms with Gasteiger partial charge in [0, 0.05) is 31.9 Å². The van der Waals surface area contributed by atoms with Crippen molar-refractivity contribution in [3.05, 3.63) is 53.3 Å². The van der Waals surface area contributed by atoms with E-state index in [0.717, 1.165) is 41.4 Å². The van der Waals surface area contributed by atoms with Crippen molar-refractivity contribution in [2.24, 2.45) is 7.05 Å². The molecule has 2 bridgehead atoms. The first-order valence-corrected chi connectivity index (χ1v) is 13.9. The van der Waals surface area contributed by atoms with Crippen LogP contribution in [-0.4, -0.2) is 60.5 Å². The number of pyridine rings is 1. The second-order valence-electron chi connectivity index (χ2n) is 11.4. The molecule has 3 aromatic heterocycles. The number of hydrogen-bond acceptors (Lipinski definition) is 7. The van der Waals surface area contributed by atoms with E-state index in [1.54, 1.807) is 35.0 Å². The van der Waals surface area contributed by atoms with E-state index in [1.807, 2.05) is 57.5 Å². The van der Waals surface area contributed by atoms with Gasteiger partial charge in [-0.15, -0.1) is 0 Å². The Morgan fingerprint density at radius 1 is 1.17 bits per heavy atom. The van der Waals surface area contributed by atoms with Gasteiger partial charge in [0.1, 0.15) is 5.60 Å². The van der Waals surface area contributed by atoms with E-state index in [2.05, 4.69) is 15.4 Å². The van der Waals surface area contributed by atoms with Gasteiger partial charge in [-0.25, -0.2) is 14.5 Å². The number of anilines is 1. The number of amides is 2. The van der Waals surface area contributed by atoms with Crippen LogP contribution in [0.1, 0.15) is 61.6 Å². The van der Waals surface area contributed by atoms with Crippen molar-refractivity contribution in [2.75, 3.05) is 19.0 Å². The van der Waals surface area contributed by atoms with E-state index in [4.69, 9.17) is 14.5 Å². The summed E-state index contributed by atoms with van der Waals surface area (Å²) < 4.78 is 15.4. The van der Waals surface area contributed by atoms with Crippen molar-refractivity contribution < 1.29 is 19.1 Å². The van der Waals surface area contributed by atoms with Gasteiger partial charge in [0.05, 0.1) is 41.6 Å². The fraction of sp³-hybridized carbons (Fsp3) is 0.433. The highest BCUT2D eigenvalue weighted by atomic mass is 16.6. The maximum atomic E-state index is 13.6. The molecule has 11 heteroatoms. The highest BCUT2D eigenvalue weighted by Gasteiger charge is 2.23. The lowest BCUT2D eigenvalue weighted by Crippen LogP contribution is -2.33. The average molecular weight is 560 g/mol. The summed E-state index contributed by atoms with van der Waals surface area (Å²) in [6.07, 6.45) is 3.91. The molecule has 1 aliphatic heterocycles. The lowest BCUT2D eigenvalue weighted by atomic mass is 10.1. The molecule has 4 aromatic rings. The van der Waals surface area contributed by atoms with E-state index in [0.29, 0.717) is 48.5 Å². The Morgan fingerprint density at radius 3 is 2.76 bits per heavy atom. The molecule has 0 saturated carbocycles. The number of rotatable bonds is 2. The van der Waals surface area contributed by atoms with Gasteiger partial charge in [-0.2, -0.15) is 5.10 Å². The van der Waals surface area contributed by atoms with Gasteiger partial charge < -0.3 is 18.9 Å². The van der Waals surface area contributed by atoms with Crippen molar-refractivity contribution in [3.63, 3.8) is 0 Å². The summed E-state index contributed by atoms with van der Waals surface area (Å²) in [5, 5.41) is 7.41. The number of imidazole rings is 1. The second kappa shape index (κ2) is 11.2. The number of fused-ring (bicyclic) bond motifs is 7. The van der Waals surface area contributed by atoms with E-state index in [1.165, 1.54) is 0 Å². The molecule has 0 spiro atoms. The maximum Gasteiger partial charge on any atom is 0.410 e. The summed E-state index contributed by atoms with van der Waals surface area (Å²) in [7, 11) is 3.55. The Kier molecular flexibility index (Phi) is 7.70. The molecular weight excluding hydrogens is 522 g/mol. The van der Waals surface area contributed by atoms with Crippen molar-refractivity contribution in [1.82, 2.24) is 29.2 Å².